The Morgan fingerprint density at radius 3 is 2.48 bits per heavy atom. The number of hydrogen-bond donors (Lipinski definition) is 0. The first kappa shape index (κ1) is 22.9. The Bertz CT molecular complexity index is 1010. The van der Waals surface area contributed by atoms with E-state index in [1.807, 2.05) is 60.5 Å². The number of carbonyl (C=O) groups is 1. The zero-order chi connectivity index (χ0) is 23.0. The van der Waals surface area contributed by atoms with E-state index in [9.17, 15) is 4.79 Å². The van der Waals surface area contributed by atoms with Gasteiger partial charge in [0, 0.05) is 49.9 Å². The minimum atomic E-state index is 0.193. The van der Waals surface area contributed by atoms with Crippen LogP contribution >= 0.6 is 0 Å². The van der Waals surface area contributed by atoms with Crippen molar-refractivity contribution in [1.82, 2.24) is 15.0 Å². The second-order valence-corrected chi connectivity index (χ2v) is 8.45. The van der Waals surface area contributed by atoms with Crippen LogP contribution < -0.4 is 9.64 Å². The minimum Gasteiger partial charge on any atom is -0.497 e. The number of likely N-dealkylation sites (N-methyl/N-ethyl adjacent to an activating group) is 1. The number of aryl methyl sites for hydroxylation is 1. The molecule has 1 amide bonds. The third kappa shape index (κ3) is 6.14. The summed E-state index contributed by atoms with van der Waals surface area (Å²) in [6.45, 7) is 4.46. The Hall–Kier alpha value is -3.32. The van der Waals surface area contributed by atoms with E-state index in [0.717, 1.165) is 68.3 Å². The number of methoxy groups -OCH3 is 1. The van der Waals surface area contributed by atoms with Gasteiger partial charge in [-0.05, 0) is 44.3 Å². The quantitative estimate of drug-likeness (QED) is 0.499. The number of amides is 1. The molecule has 0 N–H and O–H groups in total. The molecular weight excluding hydrogens is 416 g/mol. The normalized spacial score (nSPS) is 14.0. The van der Waals surface area contributed by atoms with Gasteiger partial charge < -0.3 is 19.1 Å². The van der Waals surface area contributed by atoms with E-state index < -0.39 is 0 Å². The molecule has 0 unspecified atom stereocenters. The fourth-order valence-corrected chi connectivity index (χ4v) is 4.12. The summed E-state index contributed by atoms with van der Waals surface area (Å²) < 4.78 is 10.7. The Morgan fingerprint density at radius 1 is 1.06 bits per heavy atom. The lowest BCUT2D eigenvalue weighted by atomic mass is 10.1. The number of aromatic nitrogens is 1. The van der Waals surface area contributed by atoms with E-state index >= 15 is 0 Å². The first-order valence-electron chi connectivity index (χ1n) is 11.5. The van der Waals surface area contributed by atoms with Crippen molar-refractivity contribution in [2.45, 2.75) is 12.8 Å². The van der Waals surface area contributed by atoms with Gasteiger partial charge in [0.2, 0.25) is 5.91 Å². The summed E-state index contributed by atoms with van der Waals surface area (Å²) in [5.74, 6) is 1.93. The molecule has 0 atom stereocenters. The number of benzene rings is 2. The number of anilines is 1. The highest BCUT2D eigenvalue weighted by Crippen LogP contribution is 2.21. The minimum absolute atomic E-state index is 0.193. The van der Waals surface area contributed by atoms with Gasteiger partial charge in [-0.15, -0.1) is 0 Å². The van der Waals surface area contributed by atoms with Crippen LogP contribution in [-0.2, 0) is 11.2 Å². The monoisotopic (exact) mass is 448 g/mol. The molecule has 2 heterocycles. The summed E-state index contributed by atoms with van der Waals surface area (Å²) in [6.07, 6.45) is 1.72. The summed E-state index contributed by atoms with van der Waals surface area (Å²) in [5, 5.41) is 4.17. The van der Waals surface area contributed by atoms with Gasteiger partial charge in [-0.2, -0.15) is 0 Å². The predicted octanol–water partition coefficient (Wildman–Crippen LogP) is 3.56. The van der Waals surface area contributed by atoms with Gasteiger partial charge in [-0.25, -0.2) is 0 Å². The molecule has 3 aromatic rings. The number of piperazine rings is 1. The summed E-state index contributed by atoms with van der Waals surface area (Å²) in [6, 6.07) is 20.1. The number of rotatable bonds is 9. The number of hydrogen-bond acceptors (Lipinski definition) is 6. The van der Waals surface area contributed by atoms with E-state index in [4.69, 9.17) is 9.26 Å². The lowest BCUT2D eigenvalue weighted by molar-refractivity contribution is -0.132. The highest BCUT2D eigenvalue weighted by molar-refractivity contribution is 5.78. The smallest absolute Gasteiger partial charge is 0.236 e. The molecule has 1 fully saturated rings. The van der Waals surface area contributed by atoms with E-state index in [1.165, 1.54) is 5.69 Å². The molecule has 2 aromatic carbocycles. The van der Waals surface area contributed by atoms with Crippen LogP contribution in [0.3, 0.4) is 0 Å². The van der Waals surface area contributed by atoms with E-state index in [2.05, 4.69) is 27.1 Å². The van der Waals surface area contributed by atoms with Gasteiger partial charge in [0.1, 0.15) is 17.2 Å². The highest BCUT2D eigenvalue weighted by atomic mass is 16.5. The molecule has 0 spiro atoms. The van der Waals surface area contributed by atoms with Crippen molar-refractivity contribution in [3.8, 4) is 17.0 Å². The molecule has 1 aromatic heterocycles. The molecule has 1 saturated heterocycles. The maximum absolute atomic E-state index is 12.7. The molecule has 0 radical (unpaired) electrons. The van der Waals surface area contributed by atoms with Crippen molar-refractivity contribution < 1.29 is 14.1 Å². The van der Waals surface area contributed by atoms with Gasteiger partial charge in [0.25, 0.3) is 0 Å². The third-order valence-electron chi connectivity index (χ3n) is 6.07. The first-order valence-corrected chi connectivity index (χ1v) is 11.5. The molecule has 0 saturated carbocycles. The number of carbonyl (C=O) groups excluding carboxylic acids is 1. The Kier molecular flexibility index (Phi) is 7.62. The predicted molar refractivity (Wildman–Crippen MR) is 130 cm³/mol. The second kappa shape index (κ2) is 11.0. The van der Waals surface area contributed by atoms with Crippen LogP contribution in [0.5, 0.6) is 5.75 Å². The Morgan fingerprint density at radius 2 is 1.79 bits per heavy atom. The van der Waals surface area contributed by atoms with Gasteiger partial charge >= 0.3 is 0 Å². The molecule has 7 heteroatoms. The van der Waals surface area contributed by atoms with Crippen LogP contribution in [0.4, 0.5) is 5.69 Å². The fourth-order valence-electron chi connectivity index (χ4n) is 4.12. The molecule has 4 rings (SSSR count). The van der Waals surface area contributed by atoms with Gasteiger partial charge in [-0.1, -0.05) is 35.5 Å². The van der Waals surface area contributed by atoms with Crippen molar-refractivity contribution in [3.63, 3.8) is 0 Å². The van der Waals surface area contributed by atoms with Crippen LogP contribution in [-0.4, -0.2) is 74.3 Å². The largest absolute Gasteiger partial charge is 0.497 e. The summed E-state index contributed by atoms with van der Waals surface area (Å²) in [7, 11) is 3.67. The summed E-state index contributed by atoms with van der Waals surface area (Å²) in [4.78, 5) is 19.1. The lowest BCUT2D eigenvalue weighted by Crippen LogP contribution is -2.51. The van der Waals surface area contributed by atoms with Crippen molar-refractivity contribution in [2.24, 2.45) is 0 Å². The lowest BCUT2D eigenvalue weighted by Gasteiger charge is -2.36. The first-order chi connectivity index (χ1) is 16.1. The zero-order valence-electron chi connectivity index (χ0n) is 19.4. The SMILES string of the molecule is COc1ccc(N2CCN(C(=O)CN(C)CCCc3cc(-c4ccccc4)no3)CC2)cc1. The topological polar surface area (TPSA) is 62.1 Å². The average molecular weight is 449 g/mol. The number of ether oxygens (including phenoxy) is 1. The van der Waals surface area contributed by atoms with Crippen LogP contribution in [0.2, 0.25) is 0 Å². The summed E-state index contributed by atoms with van der Waals surface area (Å²) in [5.41, 5.74) is 3.09. The highest BCUT2D eigenvalue weighted by Gasteiger charge is 2.22. The van der Waals surface area contributed by atoms with Gasteiger partial charge in [-0.3, -0.25) is 9.69 Å². The van der Waals surface area contributed by atoms with Crippen LogP contribution in [0.15, 0.2) is 65.2 Å². The van der Waals surface area contributed by atoms with E-state index in [0.29, 0.717) is 6.54 Å². The molecule has 7 nitrogen and oxygen atoms in total. The Labute approximate surface area is 195 Å². The molecule has 1 aliphatic rings. The molecule has 0 bridgehead atoms. The molecule has 33 heavy (non-hydrogen) atoms. The average Bonchev–Trinajstić information content (AvgIpc) is 3.34. The number of nitrogens with zero attached hydrogens (tertiary/aromatic N) is 4. The fraction of sp³-hybridized carbons (Fsp3) is 0.385. The van der Waals surface area contributed by atoms with Crippen LogP contribution in [0, 0.1) is 0 Å². The molecule has 1 aliphatic heterocycles. The van der Waals surface area contributed by atoms with E-state index in [-0.39, 0.29) is 5.91 Å². The third-order valence-corrected chi connectivity index (χ3v) is 6.07. The summed E-state index contributed by atoms with van der Waals surface area (Å²) >= 11 is 0. The van der Waals surface area contributed by atoms with Gasteiger partial charge in [0.05, 0.1) is 13.7 Å². The molecule has 174 valence electrons. The Balaban J connectivity index is 1.17. The molecular formula is C26H32N4O3. The van der Waals surface area contributed by atoms with Crippen LogP contribution in [0.25, 0.3) is 11.3 Å². The van der Waals surface area contributed by atoms with Crippen molar-refractivity contribution in [1.29, 1.82) is 0 Å². The van der Waals surface area contributed by atoms with Crippen molar-refractivity contribution >= 4 is 11.6 Å². The maximum Gasteiger partial charge on any atom is 0.236 e. The van der Waals surface area contributed by atoms with E-state index in [1.54, 1.807) is 7.11 Å². The van der Waals surface area contributed by atoms with Crippen molar-refractivity contribution in [3.05, 3.63) is 66.4 Å². The zero-order valence-corrected chi connectivity index (χ0v) is 19.4. The van der Waals surface area contributed by atoms with Crippen LogP contribution in [0.1, 0.15) is 12.2 Å². The second-order valence-electron chi connectivity index (χ2n) is 8.45. The maximum atomic E-state index is 12.7. The van der Waals surface area contributed by atoms with Gasteiger partial charge in [0.15, 0.2) is 0 Å². The molecule has 0 aliphatic carbocycles. The standard InChI is InChI=1S/C26H32N4O3/c1-28(14-6-9-24-19-25(27-33-24)21-7-4-3-5-8-21)20-26(31)30-17-15-29(16-18-30)22-10-12-23(32-2)13-11-22/h3-5,7-8,10-13,19H,6,9,14-18,20H2,1-2H3. The van der Waals surface area contributed by atoms with Crippen molar-refractivity contribution in [2.75, 3.05) is 58.3 Å².